The van der Waals surface area contributed by atoms with Gasteiger partial charge in [0.05, 0.1) is 6.04 Å². The number of urea groups is 2. The zero-order chi connectivity index (χ0) is 16.9. The van der Waals surface area contributed by atoms with Gasteiger partial charge in [0.1, 0.15) is 0 Å². The fourth-order valence-electron chi connectivity index (χ4n) is 2.56. The van der Waals surface area contributed by atoms with Crippen LogP contribution in [-0.2, 0) is 0 Å². The zero-order valence-electron chi connectivity index (χ0n) is 13.9. The van der Waals surface area contributed by atoms with Crippen LogP contribution >= 0.6 is 11.8 Å². The Morgan fingerprint density at radius 2 is 1.83 bits per heavy atom. The first kappa shape index (κ1) is 17.0. The quantitative estimate of drug-likeness (QED) is 0.783. The second kappa shape index (κ2) is 7.79. The Morgan fingerprint density at radius 1 is 1.17 bits per heavy atom. The molecular formula is C17H24N4O2S. The predicted molar refractivity (Wildman–Crippen MR) is 97.5 cm³/mol. The first-order chi connectivity index (χ1) is 11.6. The summed E-state index contributed by atoms with van der Waals surface area (Å²) in [4.78, 5) is 25.8. The number of anilines is 1. The van der Waals surface area contributed by atoms with Crippen LogP contribution in [0.15, 0.2) is 24.3 Å². The maximum atomic E-state index is 12.2. The molecule has 1 saturated carbocycles. The van der Waals surface area contributed by atoms with Crippen molar-refractivity contribution in [2.24, 2.45) is 0 Å². The van der Waals surface area contributed by atoms with Crippen molar-refractivity contribution in [3.05, 3.63) is 29.8 Å². The molecule has 1 aliphatic heterocycles. The Balaban J connectivity index is 1.50. The Morgan fingerprint density at radius 3 is 2.46 bits per heavy atom. The average Bonchev–Trinajstić information content (AvgIpc) is 3.40. The molecule has 3 rings (SSSR count). The third kappa shape index (κ3) is 4.80. The van der Waals surface area contributed by atoms with E-state index in [4.69, 9.17) is 0 Å². The van der Waals surface area contributed by atoms with Crippen molar-refractivity contribution >= 4 is 29.5 Å². The minimum absolute atomic E-state index is 0.00573. The lowest BCUT2D eigenvalue weighted by Crippen LogP contribution is -2.45. The van der Waals surface area contributed by atoms with Crippen LogP contribution in [0.1, 0.15) is 31.4 Å². The number of carbonyl (C=O) groups is 2. The third-order valence-corrected chi connectivity index (χ3v) is 5.16. The Labute approximate surface area is 146 Å². The van der Waals surface area contributed by atoms with Crippen molar-refractivity contribution in [2.45, 2.75) is 31.8 Å². The van der Waals surface area contributed by atoms with Crippen LogP contribution in [0, 0.1) is 0 Å². The van der Waals surface area contributed by atoms with Gasteiger partial charge in [0.15, 0.2) is 0 Å². The number of hydrogen-bond donors (Lipinski definition) is 3. The van der Waals surface area contributed by atoms with E-state index in [1.54, 1.807) is 0 Å². The number of carbonyl (C=O) groups excluding carboxylic acids is 2. The zero-order valence-corrected chi connectivity index (χ0v) is 14.7. The number of thioether (sulfide) groups is 1. The van der Waals surface area contributed by atoms with Gasteiger partial charge in [-0.05, 0) is 37.5 Å². The lowest BCUT2D eigenvalue weighted by atomic mass is 10.1. The molecule has 4 amide bonds. The number of amides is 4. The van der Waals surface area contributed by atoms with Crippen LogP contribution in [-0.4, -0.2) is 47.6 Å². The van der Waals surface area contributed by atoms with Crippen molar-refractivity contribution in [2.75, 3.05) is 29.9 Å². The molecular weight excluding hydrogens is 324 g/mol. The molecule has 1 saturated heterocycles. The molecule has 0 unspecified atom stereocenters. The van der Waals surface area contributed by atoms with Gasteiger partial charge in [0.2, 0.25) is 0 Å². The monoisotopic (exact) mass is 348 g/mol. The summed E-state index contributed by atoms with van der Waals surface area (Å²) in [5.41, 5.74) is 1.77. The maximum absolute atomic E-state index is 12.2. The molecule has 0 spiro atoms. The second-order valence-electron chi connectivity index (χ2n) is 6.27. The van der Waals surface area contributed by atoms with E-state index in [2.05, 4.69) is 16.0 Å². The van der Waals surface area contributed by atoms with Gasteiger partial charge in [-0.1, -0.05) is 12.1 Å². The van der Waals surface area contributed by atoms with E-state index in [-0.39, 0.29) is 18.1 Å². The van der Waals surface area contributed by atoms with E-state index in [0.717, 1.165) is 48.7 Å². The highest BCUT2D eigenvalue weighted by Crippen LogP contribution is 2.20. The standard InChI is InChI=1S/C17H24N4O2S/c1-12(18-17(23)21-8-10-24-11-9-21)13-2-4-14(5-3-13)19-16(22)20-15-6-7-15/h2-5,12,15H,6-11H2,1H3,(H,18,23)(H2,19,20,22)/t12-/m1/s1. The van der Waals surface area contributed by atoms with Gasteiger partial charge in [0.25, 0.3) is 0 Å². The smallest absolute Gasteiger partial charge is 0.319 e. The molecule has 1 atom stereocenters. The molecule has 130 valence electrons. The topological polar surface area (TPSA) is 73.5 Å². The van der Waals surface area contributed by atoms with Crippen LogP contribution in [0.3, 0.4) is 0 Å². The fraction of sp³-hybridized carbons (Fsp3) is 0.529. The molecule has 3 N–H and O–H groups in total. The van der Waals surface area contributed by atoms with Gasteiger partial charge in [-0.25, -0.2) is 9.59 Å². The van der Waals surface area contributed by atoms with Crippen LogP contribution in [0.5, 0.6) is 0 Å². The van der Waals surface area contributed by atoms with Crippen LogP contribution in [0.25, 0.3) is 0 Å². The molecule has 0 bridgehead atoms. The highest BCUT2D eigenvalue weighted by Gasteiger charge is 2.23. The molecule has 7 heteroatoms. The largest absolute Gasteiger partial charge is 0.335 e. The Hall–Kier alpha value is -1.89. The highest BCUT2D eigenvalue weighted by molar-refractivity contribution is 7.99. The molecule has 1 aromatic rings. The third-order valence-electron chi connectivity index (χ3n) is 4.22. The van der Waals surface area contributed by atoms with E-state index < -0.39 is 0 Å². The van der Waals surface area contributed by atoms with Crippen LogP contribution in [0.2, 0.25) is 0 Å². The molecule has 1 aromatic carbocycles. The van der Waals surface area contributed by atoms with Crippen molar-refractivity contribution in [1.29, 1.82) is 0 Å². The molecule has 0 aromatic heterocycles. The number of rotatable bonds is 4. The van der Waals surface area contributed by atoms with Crippen LogP contribution in [0.4, 0.5) is 15.3 Å². The minimum Gasteiger partial charge on any atom is -0.335 e. The Bertz CT molecular complexity index is 583. The second-order valence-corrected chi connectivity index (χ2v) is 7.49. The predicted octanol–water partition coefficient (Wildman–Crippen LogP) is 2.79. The molecule has 2 aliphatic rings. The SMILES string of the molecule is C[C@@H](NC(=O)N1CCSCC1)c1ccc(NC(=O)NC2CC2)cc1. The minimum atomic E-state index is -0.158. The highest BCUT2D eigenvalue weighted by atomic mass is 32.2. The summed E-state index contributed by atoms with van der Waals surface area (Å²) in [5, 5.41) is 8.75. The summed E-state index contributed by atoms with van der Waals surface area (Å²) < 4.78 is 0. The molecule has 6 nitrogen and oxygen atoms in total. The summed E-state index contributed by atoms with van der Waals surface area (Å²) in [7, 11) is 0. The van der Waals surface area contributed by atoms with Crippen molar-refractivity contribution < 1.29 is 9.59 Å². The maximum Gasteiger partial charge on any atom is 0.319 e. The van der Waals surface area contributed by atoms with Gasteiger partial charge in [-0.2, -0.15) is 11.8 Å². The van der Waals surface area contributed by atoms with Crippen LogP contribution < -0.4 is 16.0 Å². The van der Waals surface area contributed by atoms with Crippen molar-refractivity contribution in [3.8, 4) is 0 Å². The van der Waals surface area contributed by atoms with Gasteiger partial charge >= 0.3 is 12.1 Å². The summed E-state index contributed by atoms with van der Waals surface area (Å²) in [6.07, 6.45) is 2.14. The lowest BCUT2D eigenvalue weighted by molar-refractivity contribution is 0.199. The number of nitrogens with one attached hydrogen (secondary N) is 3. The average molecular weight is 348 g/mol. The fourth-order valence-corrected chi connectivity index (χ4v) is 3.46. The molecule has 24 heavy (non-hydrogen) atoms. The summed E-state index contributed by atoms with van der Waals surface area (Å²) in [5.74, 6) is 2.01. The number of benzene rings is 1. The first-order valence-corrected chi connectivity index (χ1v) is 9.58. The molecule has 0 radical (unpaired) electrons. The van der Waals surface area contributed by atoms with E-state index in [1.165, 1.54) is 0 Å². The van der Waals surface area contributed by atoms with E-state index in [1.807, 2.05) is 47.9 Å². The summed E-state index contributed by atoms with van der Waals surface area (Å²) in [6.45, 7) is 3.59. The van der Waals surface area contributed by atoms with Gasteiger partial charge in [-0.3, -0.25) is 0 Å². The van der Waals surface area contributed by atoms with E-state index in [9.17, 15) is 9.59 Å². The van der Waals surface area contributed by atoms with Gasteiger partial charge < -0.3 is 20.9 Å². The van der Waals surface area contributed by atoms with Crippen molar-refractivity contribution in [3.63, 3.8) is 0 Å². The first-order valence-electron chi connectivity index (χ1n) is 8.42. The normalized spacial score (nSPS) is 18.6. The Kier molecular flexibility index (Phi) is 5.50. The van der Waals surface area contributed by atoms with Crippen molar-refractivity contribution in [1.82, 2.24) is 15.5 Å². The summed E-state index contributed by atoms with van der Waals surface area (Å²) in [6, 6.07) is 7.70. The molecule has 2 fully saturated rings. The number of hydrogen-bond acceptors (Lipinski definition) is 3. The lowest BCUT2D eigenvalue weighted by Gasteiger charge is -2.28. The van der Waals surface area contributed by atoms with Gasteiger partial charge in [-0.15, -0.1) is 0 Å². The van der Waals surface area contributed by atoms with E-state index in [0.29, 0.717) is 6.04 Å². The van der Waals surface area contributed by atoms with E-state index >= 15 is 0 Å². The number of nitrogens with zero attached hydrogens (tertiary/aromatic N) is 1. The summed E-state index contributed by atoms with van der Waals surface area (Å²) >= 11 is 1.88. The molecule has 1 aliphatic carbocycles. The van der Waals surface area contributed by atoms with Gasteiger partial charge in [0, 0.05) is 36.3 Å². The molecule has 1 heterocycles.